The fourth-order valence-corrected chi connectivity index (χ4v) is 5.20. The van der Waals surface area contributed by atoms with Gasteiger partial charge in [-0.05, 0) is 49.8 Å². The average Bonchev–Trinajstić information content (AvgIpc) is 2.86. The molecule has 1 fully saturated rings. The number of fused-ring (bicyclic) bond motifs is 3. The van der Waals surface area contributed by atoms with E-state index in [4.69, 9.17) is 14.2 Å². The molecule has 31 heavy (non-hydrogen) atoms. The molecule has 5 nitrogen and oxygen atoms in total. The second-order valence-corrected chi connectivity index (χ2v) is 10.3. The van der Waals surface area contributed by atoms with E-state index in [1.54, 1.807) is 0 Å². The Morgan fingerprint density at radius 1 is 1.23 bits per heavy atom. The molecule has 0 radical (unpaired) electrons. The van der Waals surface area contributed by atoms with E-state index in [0.29, 0.717) is 12.4 Å². The van der Waals surface area contributed by atoms with Gasteiger partial charge >= 0.3 is 11.9 Å². The van der Waals surface area contributed by atoms with Gasteiger partial charge in [0.1, 0.15) is 17.1 Å². The average molecular weight is 431 g/mol. The summed E-state index contributed by atoms with van der Waals surface area (Å²) in [4.78, 5) is 24.3. The van der Waals surface area contributed by atoms with Crippen molar-refractivity contribution in [2.45, 2.75) is 103 Å². The molecule has 3 rings (SSSR count). The van der Waals surface area contributed by atoms with Gasteiger partial charge in [0.25, 0.3) is 0 Å². The molecule has 0 saturated carbocycles. The van der Waals surface area contributed by atoms with Gasteiger partial charge in [0.15, 0.2) is 0 Å². The SMILES string of the molecule is CCCCCCC(C)(C)c1cc(OC(C)=O)c2c(c1)OC(C)(C)C1CCOC(=O)C[C@@H]21. The Labute approximate surface area is 186 Å². The molecule has 1 unspecified atom stereocenters. The zero-order valence-electron chi connectivity index (χ0n) is 20.0. The minimum atomic E-state index is -0.441. The standard InChI is InChI=1S/C26H38O5/c1-7-8-9-10-12-25(3,4)18-14-21(30-17(2)27)24-19-16-23(28)29-13-11-20(19)26(5,6)31-22(24)15-18/h14-15,19-20H,7-13,16H2,1-6H3/t19-,20?/m1/s1. The van der Waals surface area contributed by atoms with E-state index in [2.05, 4.69) is 40.7 Å². The summed E-state index contributed by atoms with van der Waals surface area (Å²) < 4.78 is 17.6. The van der Waals surface area contributed by atoms with Crippen LogP contribution >= 0.6 is 0 Å². The van der Waals surface area contributed by atoms with Crippen molar-refractivity contribution in [1.82, 2.24) is 0 Å². The molecule has 1 aromatic rings. The van der Waals surface area contributed by atoms with Crippen LogP contribution in [0.25, 0.3) is 0 Å². The molecule has 0 spiro atoms. The summed E-state index contributed by atoms with van der Waals surface area (Å²) in [6.07, 6.45) is 6.89. The van der Waals surface area contributed by atoms with Gasteiger partial charge in [0.05, 0.1) is 13.0 Å². The molecule has 2 aliphatic heterocycles. The number of carbonyl (C=O) groups excluding carboxylic acids is 2. The maximum absolute atomic E-state index is 12.3. The minimum Gasteiger partial charge on any atom is -0.487 e. The van der Waals surface area contributed by atoms with E-state index in [9.17, 15) is 9.59 Å². The molecule has 0 amide bonds. The number of benzene rings is 1. The number of hydrogen-bond donors (Lipinski definition) is 0. The Morgan fingerprint density at radius 2 is 1.97 bits per heavy atom. The molecule has 0 bridgehead atoms. The molecular weight excluding hydrogens is 392 g/mol. The molecule has 0 aliphatic carbocycles. The molecule has 1 saturated heterocycles. The molecule has 0 N–H and O–H groups in total. The Bertz CT molecular complexity index is 823. The largest absolute Gasteiger partial charge is 0.487 e. The highest BCUT2D eigenvalue weighted by atomic mass is 16.5. The van der Waals surface area contributed by atoms with Gasteiger partial charge in [-0.25, -0.2) is 0 Å². The van der Waals surface area contributed by atoms with Crippen molar-refractivity contribution in [3.05, 3.63) is 23.3 Å². The van der Waals surface area contributed by atoms with Crippen LogP contribution in [0.3, 0.4) is 0 Å². The smallest absolute Gasteiger partial charge is 0.308 e. The first kappa shape index (κ1) is 23.6. The topological polar surface area (TPSA) is 61.8 Å². The lowest BCUT2D eigenvalue weighted by atomic mass is 9.70. The van der Waals surface area contributed by atoms with E-state index >= 15 is 0 Å². The molecule has 1 aromatic carbocycles. The normalized spacial score (nSPS) is 22.5. The van der Waals surface area contributed by atoms with Crippen LogP contribution in [0.1, 0.15) is 104 Å². The first-order valence-corrected chi connectivity index (χ1v) is 11.8. The van der Waals surface area contributed by atoms with Gasteiger partial charge in [-0.1, -0.05) is 46.5 Å². The molecular formula is C26H38O5. The lowest BCUT2D eigenvalue weighted by Gasteiger charge is -2.45. The summed E-state index contributed by atoms with van der Waals surface area (Å²) in [5.74, 6) is 0.708. The van der Waals surface area contributed by atoms with Crippen LogP contribution in [0.5, 0.6) is 11.5 Å². The Kier molecular flexibility index (Phi) is 7.02. The Morgan fingerprint density at radius 3 is 2.65 bits per heavy atom. The Balaban J connectivity index is 2.06. The zero-order chi connectivity index (χ0) is 22.8. The van der Waals surface area contributed by atoms with Crippen LogP contribution in [0.2, 0.25) is 0 Å². The summed E-state index contributed by atoms with van der Waals surface area (Å²) >= 11 is 0. The molecule has 0 aromatic heterocycles. The third-order valence-corrected chi connectivity index (χ3v) is 7.00. The third kappa shape index (κ3) is 5.24. The summed E-state index contributed by atoms with van der Waals surface area (Å²) in [6, 6.07) is 4.10. The summed E-state index contributed by atoms with van der Waals surface area (Å²) in [5.41, 5.74) is 1.42. The lowest BCUT2D eigenvalue weighted by Crippen LogP contribution is -2.45. The number of carbonyl (C=O) groups is 2. The van der Waals surface area contributed by atoms with Crippen molar-refractivity contribution in [3.63, 3.8) is 0 Å². The number of esters is 2. The monoisotopic (exact) mass is 430 g/mol. The van der Waals surface area contributed by atoms with E-state index in [0.717, 1.165) is 36.1 Å². The van der Waals surface area contributed by atoms with Crippen molar-refractivity contribution in [2.75, 3.05) is 6.61 Å². The van der Waals surface area contributed by atoms with Crippen LogP contribution in [0.4, 0.5) is 0 Å². The predicted octanol–water partition coefficient (Wildman–Crippen LogP) is 6.07. The lowest BCUT2D eigenvalue weighted by molar-refractivity contribution is -0.142. The number of cyclic esters (lactones) is 1. The number of hydrogen-bond acceptors (Lipinski definition) is 5. The maximum Gasteiger partial charge on any atom is 0.308 e. The van der Waals surface area contributed by atoms with Gasteiger partial charge in [0, 0.05) is 24.3 Å². The molecule has 2 atom stereocenters. The van der Waals surface area contributed by atoms with Crippen molar-refractivity contribution in [2.24, 2.45) is 5.92 Å². The summed E-state index contributed by atoms with van der Waals surface area (Å²) in [7, 11) is 0. The van der Waals surface area contributed by atoms with Crippen LogP contribution in [0, 0.1) is 5.92 Å². The fraction of sp³-hybridized carbons (Fsp3) is 0.692. The predicted molar refractivity (Wildman–Crippen MR) is 121 cm³/mol. The van der Waals surface area contributed by atoms with Gasteiger partial charge in [-0.2, -0.15) is 0 Å². The van der Waals surface area contributed by atoms with Crippen molar-refractivity contribution < 1.29 is 23.8 Å². The van der Waals surface area contributed by atoms with E-state index in [1.807, 2.05) is 6.07 Å². The highest BCUT2D eigenvalue weighted by Gasteiger charge is 2.47. The number of unbranched alkanes of at least 4 members (excludes halogenated alkanes) is 3. The molecule has 172 valence electrons. The highest BCUT2D eigenvalue weighted by Crippen LogP contribution is 2.53. The summed E-state index contributed by atoms with van der Waals surface area (Å²) in [5, 5.41) is 0. The first-order valence-electron chi connectivity index (χ1n) is 11.8. The van der Waals surface area contributed by atoms with Gasteiger partial charge in [0.2, 0.25) is 0 Å². The first-order chi connectivity index (χ1) is 14.5. The van der Waals surface area contributed by atoms with Crippen molar-refractivity contribution in [1.29, 1.82) is 0 Å². The Hall–Kier alpha value is -2.04. The van der Waals surface area contributed by atoms with E-state index < -0.39 is 5.60 Å². The van der Waals surface area contributed by atoms with E-state index in [1.165, 1.54) is 26.2 Å². The van der Waals surface area contributed by atoms with Crippen LogP contribution in [0.15, 0.2) is 12.1 Å². The second kappa shape index (κ2) is 9.22. The number of rotatable bonds is 7. The van der Waals surface area contributed by atoms with Crippen LogP contribution in [-0.4, -0.2) is 24.1 Å². The quantitative estimate of drug-likeness (QED) is 0.298. The zero-order valence-corrected chi connectivity index (χ0v) is 20.0. The minimum absolute atomic E-state index is 0.0790. The molecule has 5 heteroatoms. The van der Waals surface area contributed by atoms with E-state index in [-0.39, 0.29) is 35.6 Å². The van der Waals surface area contributed by atoms with Gasteiger partial charge in [-0.15, -0.1) is 0 Å². The van der Waals surface area contributed by atoms with Gasteiger partial charge < -0.3 is 14.2 Å². The van der Waals surface area contributed by atoms with Crippen molar-refractivity contribution >= 4 is 11.9 Å². The highest BCUT2D eigenvalue weighted by molar-refractivity contribution is 5.74. The third-order valence-electron chi connectivity index (χ3n) is 7.00. The van der Waals surface area contributed by atoms with Crippen LogP contribution in [-0.2, 0) is 19.7 Å². The maximum atomic E-state index is 12.3. The van der Waals surface area contributed by atoms with Crippen LogP contribution < -0.4 is 9.47 Å². The fourth-order valence-electron chi connectivity index (χ4n) is 5.20. The summed E-state index contributed by atoms with van der Waals surface area (Å²) in [6.45, 7) is 12.7. The van der Waals surface area contributed by atoms with Gasteiger partial charge in [-0.3, -0.25) is 9.59 Å². The molecule has 2 heterocycles. The number of ether oxygens (including phenoxy) is 3. The van der Waals surface area contributed by atoms with Crippen molar-refractivity contribution in [3.8, 4) is 11.5 Å². The molecule has 2 aliphatic rings. The second-order valence-electron chi connectivity index (χ2n) is 10.3.